The van der Waals surface area contributed by atoms with Crippen LogP contribution in [0.1, 0.15) is 22.4 Å². The molecule has 0 saturated carbocycles. The predicted octanol–water partition coefficient (Wildman–Crippen LogP) is 0.0901. The van der Waals surface area contributed by atoms with Crippen molar-refractivity contribution >= 4 is 10.9 Å². The van der Waals surface area contributed by atoms with Crippen molar-refractivity contribution in [2.45, 2.75) is 56.6 Å². The maximum absolute atomic E-state index is 11.0. The van der Waals surface area contributed by atoms with Crippen LogP contribution in [0.4, 0.5) is 0 Å². The molecule has 5 atom stereocenters. The fraction of sp³-hybridized carbons (Fsp3) is 0.458. The first kappa shape index (κ1) is 23.0. The number of aromatic nitrogens is 2. The minimum atomic E-state index is -2.67. The molecule has 182 valence electrons. The van der Waals surface area contributed by atoms with Gasteiger partial charge in [-0.2, -0.15) is 5.10 Å². The van der Waals surface area contributed by atoms with Gasteiger partial charge in [-0.25, -0.2) is 0 Å². The van der Waals surface area contributed by atoms with E-state index in [0.717, 1.165) is 29.0 Å². The van der Waals surface area contributed by atoms with Crippen LogP contribution in [0.5, 0.6) is 11.5 Å². The van der Waals surface area contributed by atoms with Crippen molar-refractivity contribution in [3.05, 3.63) is 52.7 Å². The third-order valence-electron chi connectivity index (χ3n) is 6.50. The maximum Gasteiger partial charge on any atom is 0.288 e. The highest BCUT2D eigenvalue weighted by Crippen LogP contribution is 2.37. The first-order valence-corrected chi connectivity index (χ1v) is 11.2. The molecule has 1 aromatic heterocycles. The molecule has 10 heteroatoms. The van der Waals surface area contributed by atoms with E-state index in [1.165, 1.54) is 5.56 Å². The number of aryl methyl sites for hydroxylation is 3. The van der Waals surface area contributed by atoms with E-state index in [9.17, 15) is 25.5 Å². The van der Waals surface area contributed by atoms with Crippen molar-refractivity contribution in [3.63, 3.8) is 0 Å². The quantitative estimate of drug-likeness (QED) is 0.274. The second kappa shape index (κ2) is 8.81. The zero-order chi connectivity index (χ0) is 24.0. The normalized spacial score (nSPS) is 28.6. The second-order valence-corrected chi connectivity index (χ2v) is 8.90. The number of fused-ring (bicyclic) bond motifs is 2. The van der Waals surface area contributed by atoms with Gasteiger partial charge >= 0.3 is 0 Å². The number of H-pyrrole nitrogens is 1. The van der Waals surface area contributed by atoms with Gasteiger partial charge in [0.15, 0.2) is 6.10 Å². The van der Waals surface area contributed by atoms with E-state index in [4.69, 9.17) is 14.2 Å². The van der Waals surface area contributed by atoms with E-state index in [-0.39, 0.29) is 5.75 Å². The molecule has 6 N–H and O–H groups in total. The van der Waals surface area contributed by atoms with Gasteiger partial charge < -0.3 is 39.7 Å². The summed E-state index contributed by atoms with van der Waals surface area (Å²) >= 11 is 0. The molecule has 1 saturated heterocycles. The molecule has 2 aliphatic heterocycles. The fourth-order valence-electron chi connectivity index (χ4n) is 4.61. The van der Waals surface area contributed by atoms with Gasteiger partial charge in [-0.05, 0) is 54.7 Å². The van der Waals surface area contributed by atoms with Gasteiger partial charge in [-0.15, -0.1) is 0 Å². The summed E-state index contributed by atoms with van der Waals surface area (Å²) in [6, 6.07) is 9.64. The Bertz CT molecular complexity index is 1200. The summed E-state index contributed by atoms with van der Waals surface area (Å²) in [5.41, 5.74) is 4.45. The minimum Gasteiger partial charge on any atom is -0.493 e. The number of nitrogens with zero attached hydrogens (tertiary/aromatic N) is 1. The highest BCUT2D eigenvalue weighted by atomic mass is 16.7. The fourth-order valence-corrected chi connectivity index (χ4v) is 4.61. The molecule has 0 bridgehead atoms. The van der Waals surface area contributed by atoms with E-state index in [2.05, 4.69) is 16.3 Å². The summed E-state index contributed by atoms with van der Waals surface area (Å²) in [7, 11) is 0. The number of nitrogens with one attached hydrogen (secondary N) is 1. The van der Waals surface area contributed by atoms with Crippen LogP contribution in [0.15, 0.2) is 30.3 Å². The maximum atomic E-state index is 11.0. The Hall–Kier alpha value is -2.73. The van der Waals surface area contributed by atoms with Crippen molar-refractivity contribution in [2.75, 3.05) is 13.2 Å². The van der Waals surface area contributed by atoms with Crippen LogP contribution < -0.4 is 9.47 Å². The van der Waals surface area contributed by atoms with Crippen LogP contribution in [0.2, 0.25) is 0 Å². The Labute approximate surface area is 195 Å². The molecule has 10 nitrogen and oxygen atoms in total. The Morgan fingerprint density at radius 3 is 2.79 bits per heavy atom. The first-order valence-electron chi connectivity index (χ1n) is 11.2. The van der Waals surface area contributed by atoms with E-state index >= 15 is 0 Å². The van der Waals surface area contributed by atoms with Gasteiger partial charge in [0.2, 0.25) is 6.29 Å². The summed E-state index contributed by atoms with van der Waals surface area (Å²) < 4.78 is 16.4. The van der Waals surface area contributed by atoms with Crippen LogP contribution in [-0.2, 0) is 24.0 Å². The number of benzene rings is 2. The lowest BCUT2D eigenvalue weighted by Crippen LogP contribution is -2.69. The molecule has 0 unspecified atom stereocenters. The molecule has 0 spiro atoms. The molecule has 0 amide bonds. The van der Waals surface area contributed by atoms with Crippen molar-refractivity contribution in [1.29, 1.82) is 0 Å². The average molecular weight is 472 g/mol. The molecule has 0 aliphatic carbocycles. The summed E-state index contributed by atoms with van der Waals surface area (Å²) in [6.45, 7) is 1.86. The lowest BCUT2D eigenvalue weighted by molar-refractivity contribution is -0.385. The number of aliphatic hydroxyl groups is 5. The molecule has 3 heterocycles. The molecule has 2 aromatic carbocycles. The lowest BCUT2D eigenvalue weighted by Gasteiger charge is -2.45. The van der Waals surface area contributed by atoms with Gasteiger partial charge in [-0.1, -0.05) is 12.1 Å². The molecule has 3 aromatic rings. The van der Waals surface area contributed by atoms with Crippen molar-refractivity contribution < 1.29 is 39.7 Å². The van der Waals surface area contributed by atoms with Gasteiger partial charge in [0.05, 0.1) is 24.1 Å². The monoisotopic (exact) mass is 472 g/mol. The van der Waals surface area contributed by atoms with Crippen LogP contribution in [0.3, 0.4) is 0 Å². The Morgan fingerprint density at radius 2 is 2.00 bits per heavy atom. The average Bonchev–Trinajstić information content (AvgIpc) is 3.45. The number of aliphatic hydroxyl groups excluding tert-OH is 4. The topological polar surface area (TPSA) is 158 Å². The number of hydrogen-bond acceptors (Lipinski definition) is 9. The highest BCUT2D eigenvalue weighted by molar-refractivity contribution is 5.88. The van der Waals surface area contributed by atoms with E-state index < -0.39 is 37.0 Å². The number of ether oxygens (including phenoxy) is 3. The molecule has 0 radical (unpaired) electrons. The Morgan fingerprint density at radius 1 is 1.18 bits per heavy atom. The zero-order valence-corrected chi connectivity index (χ0v) is 18.6. The summed E-state index contributed by atoms with van der Waals surface area (Å²) in [5.74, 6) is -1.58. The summed E-state index contributed by atoms with van der Waals surface area (Å²) in [5, 5.41) is 59.3. The molecule has 5 rings (SSSR count). The zero-order valence-electron chi connectivity index (χ0n) is 18.6. The molecule has 2 aliphatic rings. The van der Waals surface area contributed by atoms with Gasteiger partial charge in [0.25, 0.3) is 5.79 Å². The third kappa shape index (κ3) is 3.92. The SMILES string of the molecule is Cc1cc(O[C@]2(O)[C@H](O)O[C@H](CO)[C@@H](O)[C@@H]2O)c2c(CCc3ccc4c(c3)CCO4)[nH]nc2c1. The van der Waals surface area contributed by atoms with Crippen molar-refractivity contribution in [2.24, 2.45) is 0 Å². The van der Waals surface area contributed by atoms with Gasteiger partial charge in [0.1, 0.15) is 23.7 Å². The summed E-state index contributed by atoms with van der Waals surface area (Å²) in [4.78, 5) is 0. The van der Waals surface area contributed by atoms with E-state index in [1.807, 2.05) is 25.1 Å². The highest BCUT2D eigenvalue weighted by Gasteiger charge is 2.57. The number of hydrogen-bond donors (Lipinski definition) is 6. The third-order valence-corrected chi connectivity index (χ3v) is 6.50. The van der Waals surface area contributed by atoms with Gasteiger partial charge in [0, 0.05) is 12.1 Å². The van der Waals surface area contributed by atoms with E-state index in [0.29, 0.717) is 30.4 Å². The van der Waals surface area contributed by atoms with E-state index in [1.54, 1.807) is 6.07 Å². The minimum absolute atomic E-state index is 0.167. The Balaban J connectivity index is 1.44. The largest absolute Gasteiger partial charge is 0.493 e. The van der Waals surface area contributed by atoms with Gasteiger partial charge in [-0.3, -0.25) is 5.10 Å². The second-order valence-electron chi connectivity index (χ2n) is 8.90. The Kier molecular flexibility index (Phi) is 5.96. The first-order chi connectivity index (χ1) is 16.3. The predicted molar refractivity (Wildman–Crippen MR) is 119 cm³/mol. The standard InChI is InChI=1S/C24H28N2O8/c1-12-8-16-20(15(25-26-16)4-2-13-3-5-17-14(10-13)6-7-32-17)18(9-12)34-24(31)22(29)21(28)19(11-27)33-23(24)30/h3,5,8-10,19,21-23,27-31H,2,4,6-7,11H2,1H3,(H,25,26)/t19-,21-,22+,23-,24+/m1/s1. The molecular weight excluding hydrogens is 444 g/mol. The van der Waals surface area contributed by atoms with Crippen LogP contribution in [0, 0.1) is 6.92 Å². The van der Waals surface area contributed by atoms with Crippen LogP contribution in [-0.4, -0.2) is 79.3 Å². The number of aromatic amines is 1. The lowest BCUT2D eigenvalue weighted by atomic mass is 9.95. The molecule has 34 heavy (non-hydrogen) atoms. The molecular formula is C24H28N2O8. The van der Waals surface area contributed by atoms with Crippen molar-refractivity contribution in [3.8, 4) is 11.5 Å². The smallest absolute Gasteiger partial charge is 0.288 e. The number of rotatable bonds is 6. The van der Waals surface area contributed by atoms with Crippen molar-refractivity contribution in [1.82, 2.24) is 10.2 Å². The van der Waals surface area contributed by atoms with Crippen LogP contribution >= 0.6 is 0 Å². The summed E-state index contributed by atoms with van der Waals surface area (Å²) in [6.07, 6.45) is -4.70. The molecule has 1 fully saturated rings. The van der Waals surface area contributed by atoms with Crippen LogP contribution in [0.25, 0.3) is 10.9 Å².